The number of aromatic nitrogens is 1. The van der Waals surface area contributed by atoms with Crippen LogP contribution in [0.4, 0.5) is 5.69 Å². The zero-order valence-electron chi connectivity index (χ0n) is 9.86. The molecule has 0 unspecified atom stereocenters. The maximum absolute atomic E-state index is 12.0. The van der Waals surface area contributed by atoms with Crippen molar-refractivity contribution in [2.24, 2.45) is 0 Å². The Morgan fingerprint density at radius 1 is 1.22 bits per heavy atom. The van der Waals surface area contributed by atoms with Gasteiger partial charge in [0.1, 0.15) is 5.75 Å². The zero-order chi connectivity index (χ0) is 12.5. The van der Waals surface area contributed by atoms with Crippen LogP contribution in [-0.2, 0) is 4.79 Å². The molecule has 90 valence electrons. The van der Waals surface area contributed by atoms with E-state index in [1.165, 1.54) is 0 Å². The van der Waals surface area contributed by atoms with Gasteiger partial charge in [0.2, 0.25) is 0 Å². The average Bonchev–Trinajstić information content (AvgIpc) is 2.99. The molecule has 4 heteroatoms. The second kappa shape index (κ2) is 4.07. The molecule has 0 fully saturated rings. The van der Waals surface area contributed by atoms with Crippen molar-refractivity contribution in [3.05, 3.63) is 47.8 Å². The Kier molecular flexibility index (Phi) is 2.41. The molecule has 0 spiro atoms. The van der Waals surface area contributed by atoms with Crippen LogP contribution in [0.3, 0.4) is 0 Å². The molecule has 0 saturated carbocycles. The molecule has 0 atom stereocenters. The second-order valence-corrected chi connectivity index (χ2v) is 4.02. The van der Waals surface area contributed by atoms with Gasteiger partial charge in [0.15, 0.2) is 0 Å². The number of methoxy groups -OCH3 is 1. The highest BCUT2D eigenvalue weighted by Gasteiger charge is 2.26. The Hall–Kier alpha value is -2.49. The molecule has 1 aliphatic rings. The number of rotatable bonds is 2. The Balaban J connectivity index is 2.13. The van der Waals surface area contributed by atoms with Gasteiger partial charge in [0, 0.05) is 17.5 Å². The van der Waals surface area contributed by atoms with E-state index in [9.17, 15) is 4.79 Å². The molecule has 1 amide bonds. The molecule has 1 aromatic heterocycles. The highest BCUT2D eigenvalue weighted by molar-refractivity contribution is 6.35. The molecule has 2 aromatic rings. The maximum atomic E-state index is 12.0. The minimum Gasteiger partial charge on any atom is -0.495 e. The van der Waals surface area contributed by atoms with Gasteiger partial charge in [-0.3, -0.25) is 4.79 Å². The van der Waals surface area contributed by atoms with Crippen molar-refractivity contribution in [2.75, 3.05) is 12.4 Å². The molecule has 0 saturated heterocycles. The number of hydrogen-bond donors (Lipinski definition) is 2. The fourth-order valence-corrected chi connectivity index (χ4v) is 2.09. The van der Waals surface area contributed by atoms with Crippen LogP contribution in [0, 0.1) is 0 Å². The summed E-state index contributed by atoms with van der Waals surface area (Å²) in [6, 6.07) is 9.42. The Morgan fingerprint density at radius 2 is 2.11 bits per heavy atom. The minimum absolute atomic E-state index is 0.107. The zero-order valence-corrected chi connectivity index (χ0v) is 9.86. The Morgan fingerprint density at radius 3 is 2.83 bits per heavy atom. The molecule has 0 radical (unpaired) electrons. The minimum atomic E-state index is -0.107. The molecule has 3 rings (SSSR count). The number of para-hydroxylation sites is 1. The monoisotopic (exact) mass is 240 g/mol. The van der Waals surface area contributed by atoms with Crippen molar-refractivity contribution in [1.29, 1.82) is 0 Å². The summed E-state index contributed by atoms with van der Waals surface area (Å²) in [5.41, 5.74) is 3.15. The van der Waals surface area contributed by atoms with Gasteiger partial charge in [0.05, 0.1) is 18.4 Å². The standard InChI is InChI=1S/C14H12N2O2/c1-18-12-6-2-5-10-11(14(17)16-13(10)12)8-9-4-3-7-15-9/h2-8,15H,1H3,(H,16,17). The summed E-state index contributed by atoms with van der Waals surface area (Å²) < 4.78 is 5.24. The van der Waals surface area contributed by atoms with E-state index in [0.29, 0.717) is 11.3 Å². The van der Waals surface area contributed by atoms with Gasteiger partial charge < -0.3 is 15.0 Å². The van der Waals surface area contributed by atoms with Gasteiger partial charge in [-0.1, -0.05) is 12.1 Å². The van der Waals surface area contributed by atoms with Gasteiger partial charge in [0.25, 0.3) is 5.91 Å². The molecule has 18 heavy (non-hydrogen) atoms. The van der Waals surface area contributed by atoms with E-state index in [0.717, 1.165) is 16.9 Å². The van der Waals surface area contributed by atoms with Crippen LogP contribution in [0.25, 0.3) is 11.6 Å². The lowest BCUT2D eigenvalue weighted by molar-refractivity contribution is -0.110. The van der Waals surface area contributed by atoms with Crippen molar-refractivity contribution in [3.8, 4) is 5.75 Å². The summed E-state index contributed by atoms with van der Waals surface area (Å²) in [4.78, 5) is 15.0. The second-order valence-electron chi connectivity index (χ2n) is 4.02. The number of fused-ring (bicyclic) bond motifs is 1. The van der Waals surface area contributed by atoms with Crippen molar-refractivity contribution >= 4 is 23.2 Å². The van der Waals surface area contributed by atoms with Crippen molar-refractivity contribution in [3.63, 3.8) is 0 Å². The lowest BCUT2D eigenvalue weighted by Crippen LogP contribution is -2.04. The summed E-state index contributed by atoms with van der Waals surface area (Å²) in [7, 11) is 1.59. The summed E-state index contributed by atoms with van der Waals surface area (Å²) >= 11 is 0. The summed E-state index contributed by atoms with van der Waals surface area (Å²) in [6.45, 7) is 0. The van der Waals surface area contributed by atoms with Crippen LogP contribution in [-0.4, -0.2) is 18.0 Å². The van der Waals surface area contributed by atoms with E-state index in [1.54, 1.807) is 7.11 Å². The normalized spacial score (nSPS) is 15.6. The molecular formula is C14H12N2O2. The van der Waals surface area contributed by atoms with Crippen molar-refractivity contribution < 1.29 is 9.53 Å². The number of carbonyl (C=O) groups is 1. The van der Waals surface area contributed by atoms with Gasteiger partial charge in [-0.25, -0.2) is 0 Å². The molecule has 2 N–H and O–H groups in total. The molecule has 1 aliphatic heterocycles. The third-order valence-electron chi connectivity index (χ3n) is 2.94. The first-order valence-corrected chi connectivity index (χ1v) is 5.63. The summed E-state index contributed by atoms with van der Waals surface area (Å²) in [5.74, 6) is 0.569. The maximum Gasteiger partial charge on any atom is 0.256 e. The Labute approximate surface area is 104 Å². The number of H-pyrrole nitrogens is 1. The van der Waals surface area contributed by atoms with E-state index >= 15 is 0 Å². The number of amides is 1. The SMILES string of the molecule is COc1cccc2c1NC(=O)C2=Cc1ccc[nH]1. The third kappa shape index (κ3) is 1.59. The predicted octanol–water partition coefficient (Wildman–Crippen LogP) is 2.52. The molecule has 1 aromatic carbocycles. The fraction of sp³-hybridized carbons (Fsp3) is 0.0714. The smallest absolute Gasteiger partial charge is 0.256 e. The lowest BCUT2D eigenvalue weighted by Gasteiger charge is -2.05. The molecule has 0 bridgehead atoms. The van der Waals surface area contributed by atoms with E-state index in [1.807, 2.05) is 42.6 Å². The largest absolute Gasteiger partial charge is 0.495 e. The lowest BCUT2D eigenvalue weighted by atomic mass is 10.1. The summed E-state index contributed by atoms with van der Waals surface area (Å²) in [5, 5.41) is 2.83. The molecule has 4 nitrogen and oxygen atoms in total. The number of hydrogen-bond acceptors (Lipinski definition) is 2. The van der Waals surface area contributed by atoms with Crippen molar-refractivity contribution in [2.45, 2.75) is 0 Å². The molecule has 0 aliphatic carbocycles. The number of aromatic amines is 1. The van der Waals surface area contributed by atoms with Crippen LogP contribution in [0.2, 0.25) is 0 Å². The fourth-order valence-electron chi connectivity index (χ4n) is 2.09. The average molecular weight is 240 g/mol. The topological polar surface area (TPSA) is 54.1 Å². The Bertz CT molecular complexity index is 627. The van der Waals surface area contributed by atoms with E-state index in [2.05, 4.69) is 10.3 Å². The van der Waals surface area contributed by atoms with Crippen LogP contribution in [0.1, 0.15) is 11.3 Å². The number of ether oxygens (including phenoxy) is 1. The van der Waals surface area contributed by atoms with E-state index < -0.39 is 0 Å². The van der Waals surface area contributed by atoms with Crippen LogP contribution < -0.4 is 10.1 Å². The van der Waals surface area contributed by atoms with Gasteiger partial charge in [-0.2, -0.15) is 0 Å². The van der Waals surface area contributed by atoms with Crippen LogP contribution in [0.15, 0.2) is 36.5 Å². The number of benzene rings is 1. The summed E-state index contributed by atoms with van der Waals surface area (Å²) in [6.07, 6.45) is 3.66. The first kappa shape index (κ1) is 10.7. The van der Waals surface area contributed by atoms with E-state index in [4.69, 9.17) is 4.74 Å². The highest BCUT2D eigenvalue weighted by Crippen LogP contribution is 2.39. The first-order chi connectivity index (χ1) is 8.79. The van der Waals surface area contributed by atoms with Gasteiger partial charge in [-0.15, -0.1) is 0 Å². The number of nitrogens with one attached hydrogen (secondary N) is 2. The van der Waals surface area contributed by atoms with Gasteiger partial charge >= 0.3 is 0 Å². The molecular weight excluding hydrogens is 228 g/mol. The highest BCUT2D eigenvalue weighted by atomic mass is 16.5. The number of anilines is 1. The van der Waals surface area contributed by atoms with Crippen LogP contribution >= 0.6 is 0 Å². The van der Waals surface area contributed by atoms with E-state index in [-0.39, 0.29) is 5.91 Å². The van der Waals surface area contributed by atoms with Crippen LogP contribution in [0.5, 0.6) is 5.75 Å². The first-order valence-electron chi connectivity index (χ1n) is 5.63. The number of carbonyl (C=O) groups excluding carboxylic acids is 1. The third-order valence-corrected chi connectivity index (χ3v) is 2.94. The van der Waals surface area contributed by atoms with Gasteiger partial charge in [-0.05, 0) is 24.3 Å². The quantitative estimate of drug-likeness (QED) is 0.792. The molecule has 2 heterocycles. The predicted molar refractivity (Wildman–Crippen MR) is 70.3 cm³/mol. The van der Waals surface area contributed by atoms with Crippen molar-refractivity contribution in [1.82, 2.24) is 4.98 Å².